The van der Waals surface area contributed by atoms with Crippen LogP contribution in [0.4, 0.5) is 4.39 Å². The molecule has 2 aliphatic rings. The molecule has 0 radical (unpaired) electrons. The van der Waals surface area contributed by atoms with E-state index in [1.165, 1.54) is 40.9 Å². The molecule has 2 amide bonds. The number of rotatable bonds is 7. The average Bonchev–Trinajstić information content (AvgIpc) is 3.33. The first-order chi connectivity index (χ1) is 14.1. The summed E-state index contributed by atoms with van der Waals surface area (Å²) in [5.41, 5.74) is 0.870. The molecule has 3 heterocycles. The van der Waals surface area contributed by atoms with Crippen LogP contribution in [-0.4, -0.2) is 61.0 Å². The molecular weight excluding hydrogens is 395 g/mol. The van der Waals surface area contributed by atoms with Gasteiger partial charge in [0.15, 0.2) is 0 Å². The van der Waals surface area contributed by atoms with Crippen molar-refractivity contribution in [1.82, 2.24) is 9.80 Å². The van der Waals surface area contributed by atoms with Crippen molar-refractivity contribution < 1.29 is 23.1 Å². The van der Waals surface area contributed by atoms with Gasteiger partial charge in [0, 0.05) is 26.2 Å². The normalized spacial score (nSPS) is 18.2. The van der Waals surface area contributed by atoms with E-state index in [1.807, 2.05) is 6.07 Å². The number of carbonyl (C=O) groups is 2. The van der Waals surface area contributed by atoms with Gasteiger partial charge < -0.3 is 9.15 Å². The van der Waals surface area contributed by atoms with Crippen molar-refractivity contribution in [2.75, 3.05) is 39.4 Å². The van der Waals surface area contributed by atoms with Gasteiger partial charge in [0.25, 0.3) is 11.8 Å². The minimum Gasteiger partial charge on any atom is -0.468 e. The number of furan rings is 1. The van der Waals surface area contributed by atoms with Gasteiger partial charge in [0.05, 0.1) is 35.7 Å². The standard InChI is InChI=1S/C21H21FN2O4S/c22-16-5-3-15(4-6-16)18-19(29-14-17-2-1-11-28-17)21(26)24(20(18)25)8-7-23-9-12-27-13-10-23/h1-6,11H,7-10,12-14H2. The highest BCUT2D eigenvalue weighted by Gasteiger charge is 2.39. The summed E-state index contributed by atoms with van der Waals surface area (Å²) in [5.74, 6) is 0.118. The fourth-order valence-electron chi connectivity index (χ4n) is 3.37. The predicted octanol–water partition coefficient (Wildman–Crippen LogP) is 2.76. The van der Waals surface area contributed by atoms with Gasteiger partial charge >= 0.3 is 0 Å². The molecular formula is C21H21FN2O4S. The third kappa shape index (κ3) is 4.44. The molecule has 8 heteroatoms. The van der Waals surface area contributed by atoms with E-state index in [9.17, 15) is 14.0 Å². The lowest BCUT2D eigenvalue weighted by Gasteiger charge is -2.28. The highest BCUT2D eigenvalue weighted by Crippen LogP contribution is 2.37. The number of hydrogen-bond donors (Lipinski definition) is 0. The van der Waals surface area contributed by atoms with Crippen molar-refractivity contribution in [3.05, 3.63) is 64.7 Å². The van der Waals surface area contributed by atoms with Crippen LogP contribution in [0.5, 0.6) is 0 Å². The van der Waals surface area contributed by atoms with E-state index in [2.05, 4.69) is 4.90 Å². The molecule has 0 unspecified atom stereocenters. The summed E-state index contributed by atoms with van der Waals surface area (Å²) in [7, 11) is 0. The zero-order valence-electron chi connectivity index (χ0n) is 15.8. The van der Waals surface area contributed by atoms with Gasteiger partial charge in [-0.25, -0.2) is 4.39 Å². The van der Waals surface area contributed by atoms with Crippen LogP contribution in [0, 0.1) is 5.82 Å². The summed E-state index contributed by atoms with van der Waals surface area (Å²) in [6.45, 7) is 3.81. The van der Waals surface area contributed by atoms with Crippen LogP contribution in [0.15, 0.2) is 52.0 Å². The van der Waals surface area contributed by atoms with E-state index in [1.54, 1.807) is 12.3 Å². The largest absolute Gasteiger partial charge is 0.468 e. The smallest absolute Gasteiger partial charge is 0.268 e. The second kappa shape index (κ2) is 8.94. The zero-order valence-corrected chi connectivity index (χ0v) is 16.6. The van der Waals surface area contributed by atoms with Crippen molar-refractivity contribution in [3.8, 4) is 0 Å². The van der Waals surface area contributed by atoms with Gasteiger partial charge in [-0.3, -0.25) is 19.4 Å². The minimum absolute atomic E-state index is 0.306. The van der Waals surface area contributed by atoms with Crippen molar-refractivity contribution in [2.45, 2.75) is 5.75 Å². The van der Waals surface area contributed by atoms with Crippen LogP contribution in [0.25, 0.3) is 5.57 Å². The lowest BCUT2D eigenvalue weighted by molar-refractivity contribution is -0.136. The fraction of sp³-hybridized carbons (Fsp3) is 0.333. The summed E-state index contributed by atoms with van der Waals surface area (Å²) in [6.07, 6.45) is 1.57. The topological polar surface area (TPSA) is 63.0 Å². The summed E-state index contributed by atoms with van der Waals surface area (Å²) in [4.78, 5) is 30.0. The summed E-state index contributed by atoms with van der Waals surface area (Å²) >= 11 is 1.27. The molecule has 1 saturated heterocycles. The predicted molar refractivity (Wildman–Crippen MR) is 107 cm³/mol. The van der Waals surface area contributed by atoms with Crippen LogP contribution < -0.4 is 0 Å². The first kappa shape index (κ1) is 19.9. The lowest BCUT2D eigenvalue weighted by atomic mass is 10.1. The quantitative estimate of drug-likeness (QED) is 0.647. The van der Waals surface area contributed by atoms with Crippen LogP contribution in [0.2, 0.25) is 0 Å². The molecule has 6 nitrogen and oxygen atoms in total. The molecule has 1 aromatic heterocycles. The number of carbonyl (C=O) groups excluding carboxylic acids is 2. The van der Waals surface area contributed by atoms with Gasteiger partial charge in [0.2, 0.25) is 0 Å². The SMILES string of the molecule is O=C1C(SCc2ccco2)=C(c2ccc(F)cc2)C(=O)N1CCN1CCOCC1. The molecule has 29 heavy (non-hydrogen) atoms. The van der Waals surface area contributed by atoms with Crippen molar-refractivity contribution >= 4 is 29.1 Å². The third-order valence-electron chi connectivity index (χ3n) is 4.94. The van der Waals surface area contributed by atoms with E-state index >= 15 is 0 Å². The molecule has 0 N–H and O–H groups in total. The number of nitrogens with zero attached hydrogens (tertiary/aromatic N) is 2. The summed E-state index contributed by atoms with van der Waals surface area (Å²) < 4.78 is 24.1. The summed E-state index contributed by atoms with van der Waals surface area (Å²) in [5, 5.41) is 0. The maximum Gasteiger partial charge on any atom is 0.268 e. The van der Waals surface area contributed by atoms with E-state index in [4.69, 9.17) is 9.15 Å². The van der Waals surface area contributed by atoms with Crippen molar-refractivity contribution in [1.29, 1.82) is 0 Å². The van der Waals surface area contributed by atoms with Crippen molar-refractivity contribution in [2.24, 2.45) is 0 Å². The Morgan fingerprint density at radius 3 is 2.45 bits per heavy atom. The van der Waals surface area contributed by atoms with Gasteiger partial charge in [-0.2, -0.15) is 0 Å². The van der Waals surface area contributed by atoms with Gasteiger partial charge in [-0.05, 0) is 29.8 Å². The third-order valence-corrected chi connectivity index (χ3v) is 6.04. The zero-order chi connectivity index (χ0) is 20.2. The van der Waals surface area contributed by atoms with Crippen LogP contribution >= 0.6 is 11.8 Å². The molecule has 1 aromatic carbocycles. The molecule has 0 atom stereocenters. The number of hydrogen-bond acceptors (Lipinski definition) is 6. The van der Waals surface area contributed by atoms with Gasteiger partial charge in [0.1, 0.15) is 11.6 Å². The first-order valence-corrected chi connectivity index (χ1v) is 10.4. The number of thioether (sulfide) groups is 1. The maximum absolute atomic E-state index is 13.4. The average molecular weight is 416 g/mol. The fourth-order valence-corrected chi connectivity index (χ4v) is 4.40. The number of halogens is 1. The Balaban J connectivity index is 1.55. The van der Waals surface area contributed by atoms with Crippen LogP contribution in [0.1, 0.15) is 11.3 Å². The molecule has 0 saturated carbocycles. The molecule has 4 rings (SSSR count). The van der Waals surface area contributed by atoms with E-state index in [0.29, 0.717) is 53.9 Å². The highest BCUT2D eigenvalue weighted by atomic mass is 32.2. The van der Waals surface area contributed by atoms with Crippen LogP contribution in [0.3, 0.4) is 0 Å². The van der Waals surface area contributed by atoms with E-state index in [0.717, 1.165) is 13.1 Å². The number of imide groups is 1. The molecule has 1 fully saturated rings. The Bertz CT molecular complexity index is 905. The number of benzene rings is 1. The number of morpholine rings is 1. The number of amides is 2. The Hall–Kier alpha value is -2.42. The molecule has 0 bridgehead atoms. The maximum atomic E-state index is 13.4. The summed E-state index contributed by atoms with van der Waals surface area (Å²) in [6, 6.07) is 9.27. The van der Waals surface area contributed by atoms with Crippen molar-refractivity contribution in [3.63, 3.8) is 0 Å². The monoisotopic (exact) mass is 416 g/mol. The minimum atomic E-state index is -0.389. The second-order valence-corrected chi connectivity index (χ2v) is 7.78. The Labute approximate surface area is 172 Å². The van der Waals surface area contributed by atoms with Gasteiger partial charge in [-0.1, -0.05) is 12.1 Å². The molecule has 152 valence electrons. The Morgan fingerprint density at radius 1 is 1.00 bits per heavy atom. The Kier molecular flexibility index (Phi) is 6.13. The molecule has 2 aliphatic heterocycles. The van der Waals surface area contributed by atoms with Gasteiger partial charge in [-0.15, -0.1) is 11.8 Å². The Morgan fingerprint density at radius 2 is 1.76 bits per heavy atom. The van der Waals surface area contributed by atoms with Crippen LogP contribution in [-0.2, 0) is 20.1 Å². The lowest BCUT2D eigenvalue weighted by Crippen LogP contribution is -2.43. The first-order valence-electron chi connectivity index (χ1n) is 9.45. The molecule has 2 aromatic rings. The number of ether oxygens (including phenoxy) is 1. The molecule has 0 spiro atoms. The van der Waals surface area contributed by atoms with E-state index in [-0.39, 0.29) is 17.6 Å². The highest BCUT2D eigenvalue weighted by molar-refractivity contribution is 8.03. The van der Waals surface area contributed by atoms with E-state index < -0.39 is 0 Å². The molecule has 0 aliphatic carbocycles. The second-order valence-electron chi connectivity index (χ2n) is 6.80.